The first-order chi connectivity index (χ1) is 15.6. The average molecular weight is 468 g/mol. The van der Waals surface area contributed by atoms with Crippen LogP contribution in [0.1, 0.15) is 24.4 Å². The van der Waals surface area contributed by atoms with Crippen LogP contribution in [0.3, 0.4) is 0 Å². The molecule has 33 heavy (non-hydrogen) atoms. The average Bonchev–Trinajstić information content (AvgIpc) is 3.32. The summed E-state index contributed by atoms with van der Waals surface area (Å²) in [6.07, 6.45) is 1.45. The Bertz CT molecular complexity index is 1300. The highest BCUT2D eigenvalue weighted by Gasteiger charge is 2.35. The van der Waals surface area contributed by atoms with E-state index in [1.54, 1.807) is 46.2 Å². The van der Waals surface area contributed by atoms with E-state index < -0.39 is 10.0 Å². The van der Waals surface area contributed by atoms with E-state index in [9.17, 15) is 18.0 Å². The second kappa shape index (κ2) is 8.49. The molecule has 9 heteroatoms. The van der Waals surface area contributed by atoms with Gasteiger partial charge in [-0.05, 0) is 54.4 Å². The summed E-state index contributed by atoms with van der Waals surface area (Å²) in [5.74, 6) is -0.186. The maximum Gasteiger partial charge on any atom is 0.294 e. The number of rotatable bonds is 4. The molecule has 1 aromatic heterocycles. The van der Waals surface area contributed by atoms with Gasteiger partial charge in [0.05, 0.1) is 28.6 Å². The van der Waals surface area contributed by atoms with Crippen LogP contribution in [-0.4, -0.2) is 51.2 Å². The molecule has 172 valence electrons. The zero-order valence-corrected chi connectivity index (χ0v) is 19.7. The molecule has 4 rings (SSSR count). The lowest BCUT2D eigenvalue weighted by molar-refractivity contribution is -0.117. The molecule has 2 aromatic carbocycles. The quantitative estimate of drug-likeness (QED) is 0.585. The van der Waals surface area contributed by atoms with E-state index in [1.165, 1.54) is 27.3 Å². The minimum Gasteiger partial charge on any atom is -0.459 e. The van der Waals surface area contributed by atoms with Gasteiger partial charge in [0.25, 0.3) is 5.91 Å². The van der Waals surface area contributed by atoms with E-state index in [0.717, 1.165) is 15.4 Å². The Balaban J connectivity index is 1.79. The maximum atomic E-state index is 13.2. The van der Waals surface area contributed by atoms with Crippen molar-refractivity contribution in [1.82, 2.24) is 4.31 Å². The minimum atomic E-state index is -3.53. The number of fused-ring (bicyclic) bond motifs is 1. The molecule has 1 aliphatic heterocycles. The third-order valence-electron chi connectivity index (χ3n) is 5.70. The molecule has 1 unspecified atom stereocenters. The summed E-state index contributed by atoms with van der Waals surface area (Å²) in [7, 11) is -0.562. The molecule has 0 radical (unpaired) electrons. The minimum absolute atomic E-state index is 0.111. The Morgan fingerprint density at radius 1 is 1.00 bits per heavy atom. The van der Waals surface area contributed by atoms with Gasteiger partial charge in [-0.15, -0.1) is 0 Å². The molecule has 3 aromatic rings. The van der Waals surface area contributed by atoms with Crippen LogP contribution >= 0.6 is 0 Å². The van der Waals surface area contributed by atoms with Crippen molar-refractivity contribution in [2.24, 2.45) is 0 Å². The largest absolute Gasteiger partial charge is 0.459 e. The van der Waals surface area contributed by atoms with Crippen LogP contribution in [0.15, 0.2) is 70.2 Å². The maximum absolute atomic E-state index is 13.2. The molecule has 1 atom stereocenters. The first-order valence-electron chi connectivity index (χ1n) is 10.4. The smallest absolute Gasteiger partial charge is 0.294 e. The SMILES string of the molecule is CC(=O)N1c2ccc(-c3ccc(S(=O)(=O)N(C)C)cc3)cc2N(C(=O)c2ccco2)CC1C. The van der Waals surface area contributed by atoms with Crippen molar-refractivity contribution in [1.29, 1.82) is 0 Å². The normalized spacial score (nSPS) is 16.1. The highest BCUT2D eigenvalue weighted by Crippen LogP contribution is 2.39. The van der Waals surface area contributed by atoms with E-state index >= 15 is 0 Å². The molecule has 2 amide bonds. The van der Waals surface area contributed by atoms with Crippen LogP contribution in [0, 0.1) is 0 Å². The van der Waals surface area contributed by atoms with Crippen molar-refractivity contribution in [3.05, 3.63) is 66.6 Å². The Kier molecular flexibility index (Phi) is 5.85. The fraction of sp³-hybridized carbons (Fsp3) is 0.250. The molecule has 0 spiro atoms. The lowest BCUT2D eigenvalue weighted by atomic mass is 10.0. The summed E-state index contributed by atoms with van der Waals surface area (Å²) in [6, 6.07) is 15.1. The second-order valence-corrected chi connectivity index (χ2v) is 10.3. The molecule has 0 N–H and O–H groups in total. The Labute approximate surface area is 193 Å². The van der Waals surface area contributed by atoms with Crippen LogP contribution < -0.4 is 9.80 Å². The van der Waals surface area contributed by atoms with Gasteiger partial charge in [0, 0.05) is 27.6 Å². The number of carbonyl (C=O) groups excluding carboxylic acids is 2. The molecule has 0 saturated heterocycles. The van der Waals surface area contributed by atoms with Gasteiger partial charge < -0.3 is 14.2 Å². The zero-order chi connectivity index (χ0) is 23.9. The van der Waals surface area contributed by atoms with Gasteiger partial charge in [0.15, 0.2) is 5.76 Å². The first-order valence-corrected chi connectivity index (χ1v) is 11.9. The lowest BCUT2D eigenvalue weighted by Crippen LogP contribution is -2.51. The van der Waals surface area contributed by atoms with Crippen LogP contribution in [0.25, 0.3) is 11.1 Å². The number of benzene rings is 2. The van der Waals surface area contributed by atoms with Crippen molar-refractivity contribution in [2.75, 3.05) is 30.4 Å². The molecular weight excluding hydrogens is 442 g/mol. The summed E-state index contributed by atoms with van der Waals surface area (Å²) in [5.41, 5.74) is 2.80. The summed E-state index contributed by atoms with van der Waals surface area (Å²) in [5, 5.41) is 0. The van der Waals surface area contributed by atoms with Gasteiger partial charge in [-0.1, -0.05) is 18.2 Å². The van der Waals surface area contributed by atoms with E-state index in [1.807, 2.05) is 25.1 Å². The predicted molar refractivity (Wildman–Crippen MR) is 126 cm³/mol. The van der Waals surface area contributed by atoms with E-state index in [0.29, 0.717) is 17.9 Å². The van der Waals surface area contributed by atoms with Gasteiger partial charge in [-0.25, -0.2) is 12.7 Å². The number of furan rings is 1. The number of nitrogens with zero attached hydrogens (tertiary/aromatic N) is 3. The third kappa shape index (κ3) is 4.05. The van der Waals surface area contributed by atoms with Gasteiger partial charge in [-0.3, -0.25) is 9.59 Å². The lowest BCUT2D eigenvalue weighted by Gasteiger charge is -2.40. The molecule has 0 fully saturated rings. The van der Waals surface area contributed by atoms with Gasteiger partial charge in [0.1, 0.15) is 0 Å². The van der Waals surface area contributed by atoms with Crippen molar-refractivity contribution >= 4 is 33.2 Å². The molecule has 8 nitrogen and oxygen atoms in total. The number of anilines is 2. The highest BCUT2D eigenvalue weighted by atomic mass is 32.2. The first kappa shape index (κ1) is 22.8. The highest BCUT2D eigenvalue weighted by molar-refractivity contribution is 7.89. The number of amides is 2. The number of carbonyl (C=O) groups is 2. The number of sulfonamides is 1. The van der Waals surface area contributed by atoms with E-state index in [2.05, 4.69) is 0 Å². The summed E-state index contributed by atoms with van der Waals surface area (Å²) >= 11 is 0. The number of hydrogen-bond acceptors (Lipinski definition) is 5. The monoisotopic (exact) mass is 467 g/mol. The molecule has 0 aliphatic carbocycles. The predicted octanol–water partition coefficient (Wildman–Crippen LogP) is 3.60. The van der Waals surface area contributed by atoms with Crippen LogP contribution in [0.5, 0.6) is 0 Å². The van der Waals surface area contributed by atoms with Gasteiger partial charge in [0.2, 0.25) is 15.9 Å². The molecular formula is C24H25N3O5S. The topological polar surface area (TPSA) is 91.1 Å². The van der Waals surface area contributed by atoms with E-state index in [-0.39, 0.29) is 28.5 Å². The Hall–Kier alpha value is -3.43. The third-order valence-corrected chi connectivity index (χ3v) is 7.53. The van der Waals surface area contributed by atoms with Gasteiger partial charge in [-0.2, -0.15) is 0 Å². The summed E-state index contributed by atoms with van der Waals surface area (Å²) in [4.78, 5) is 29.0. The second-order valence-electron chi connectivity index (χ2n) is 8.15. The van der Waals surface area contributed by atoms with Gasteiger partial charge >= 0.3 is 0 Å². The van der Waals surface area contributed by atoms with E-state index in [4.69, 9.17) is 4.42 Å². The molecule has 0 bridgehead atoms. The summed E-state index contributed by atoms with van der Waals surface area (Å²) < 4.78 is 31.2. The van der Waals surface area contributed by atoms with Crippen molar-refractivity contribution in [3.63, 3.8) is 0 Å². The van der Waals surface area contributed by atoms with Crippen molar-refractivity contribution in [3.8, 4) is 11.1 Å². The Morgan fingerprint density at radius 2 is 1.67 bits per heavy atom. The number of hydrogen-bond donors (Lipinski definition) is 0. The fourth-order valence-corrected chi connectivity index (χ4v) is 4.94. The Morgan fingerprint density at radius 3 is 2.24 bits per heavy atom. The van der Waals surface area contributed by atoms with Crippen LogP contribution in [0.4, 0.5) is 11.4 Å². The summed E-state index contributed by atoms with van der Waals surface area (Å²) in [6.45, 7) is 3.71. The van der Waals surface area contributed by atoms with Crippen LogP contribution in [-0.2, 0) is 14.8 Å². The molecule has 1 aliphatic rings. The fourth-order valence-electron chi connectivity index (χ4n) is 4.04. The zero-order valence-electron chi connectivity index (χ0n) is 18.8. The molecule has 0 saturated carbocycles. The van der Waals surface area contributed by atoms with Crippen molar-refractivity contribution in [2.45, 2.75) is 24.8 Å². The standard InChI is InChI=1S/C24H25N3O5S/c1-16-15-26(24(29)23-6-5-13-32-23)22-14-19(9-12-21(22)27(16)17(2)28)18-7-10-20(11-8-18)33(30,31)25(3)4/h5-14,16H,15H2,1-4H3. The van der Waals surface area contributed by atoms with Crippen LogP contribution in [0.2, 0.25) is 0 Å². The van der Waals surface area contributed by atoms with Crippen molar-refractivity contribution < 1.29 is 22.4 Å². The molecule has 2 heterocycles.